The molecule has 2 heterocycles. The van der Waals surface area contributed by atoms with Crippen LogP contribution in [-0.4, -0.2) is 52.3 Å². The second-order valence-electron chi connectivity index (χ2n) is 6.09. The van der Waals surface area contributed by atoms with Crippen LogP contribution in [0.1, 0.15) is 26.7 Å². The van der Waals surface area contributed by atoms with Crippen LogP contribution in [0.25, 0.3) is 0 Å². The van der Waals surface area contributed by atoms with E-state index in [2.05, 4.69) is 29.1 Å². The van der Waals surface area contributed by atoms with Gasteiger partial charge in [0, 0.05) is 19.3 Å². The Morgan fingerprint density at radius 1 is 1.57 bits per heavy atom. The first-order chi connectivity index (χ1) is 9.89. The molecule has 1 aromatic rings. The normalized spacial score (nSPS) is 21.5. The highest BCUT2D eigenvalue weighted by molar-refractivity contribution is 5.88. The van der Waals surface area contributed by atoms with E-state index in [1.807, 2.05) is 0 Å². The average Bonchev–Trinajstić information content (AvgIpc) is 2.56. The van der Waals surface area contributed by atoms with Crippen LogP contribution in [0.3, 0.4) is 0 Å². The molecule has 7 heteroatoms. The zero-order valence-electron chi connectivity index (χ0n) is 12.7. The summed E-state index contributed by atoms with van der Waals surface area (Å²) in [6.07, 6.45) is 2.44. The van der Waals surface area contributed by atoms with Crippen LogP contribution in [-0.2, 0) is 0 Å². The molecule has 0 saturated carbocycles. The van der Waals surface area contributed by atoms with E-state index in [0.29, 0.717) is 31.7 Å². The van der Waals surface area contributed by atoms with E-state index in [1.54, 1.807) is 11.0 Å². The number of aliphatic hydroxyl groups is 1. The van der Waals surface area contributed by atoms with Crippen LogP contribution in [0.5, 0.6) is 6.01 Å². The second-order valence-corrected chi connectivity index (χ2v) is 6.09. The predicted octanol–water partition coefficient (Wildman–Crippen LogP) is 1.50. The number of likely N-dealkylation sites (tertiary alicyclic amines) is 1. The third kappa shape index (κ3) is 4.29. The first kappa shape index (κ1) is 15.5. The fourth-order valence-electron chi connectivity index (χ4n) is 2.58. The number of nitrogens with zero attached hydrogens (tertiary/aromatic N) is 3. The van der Waals surface area contributed by atoms with Crippen molar-refractivity contribution in [2.75, 3.05) is 25.5 Å². The van der Waals surface area contributed by atoms with Crippen molar-refractivity contribution < 1.29 is 14.6 Å². The molecule has 1 saturated heterocycles. The molecule has 0 spiro atoms. The van der Waals surface area contributed by atoms with Gasteiger partial charge < -0.3 is 14.7 Å². The predicted molar refractivity (Wildman–Crippen MR) is 78.2 cm³/mol. The van der Waals surface area contributed by atoms with Gasteiger partial charge in [-0.3, -0.25) is 5.32 Å². The van der Waals surface area contributed by atoms with E-state index in [0.717, 1.165) is 0 Å². The lowest BCUT2D eigenvalue weighted by Crippen LogP contribution is -2.40. The highest BCUT2D eigenvalue weighted by atomic mass is 16.5. The number of carbonyl (C=O) groups excluding carboxylic acids is 1. The quantitative estimate of drug-likeness (QED) is 0.863. The lowest BCUT2D eigenvalue weighted by Gasteiger charge is -2.29. The number of aliphatic hydroxyl groups excluding tert-OH is 1. The van der Waals surface area contributed by atoms with Crippen molar-refractivity contribution in [2.45, 2.75) is 32.8 Å². The van der Waals surface area contributed by atoms with Gasteiger partial charge in [-0.05, 0) is 24.3 Å². The van der Waals surface area contributed by atoms with E-state index in [9.17, 15) is 9.90 Å². The van der Waals surface area contributed by atoms with Crippen LogP contribution in [0, 0.1) is 5.41 Å². The van der Waals surface area contributed by atoms with Crippen molar-refractivity contribution in [3.8, 4) is 6.01 Å². The summed E-state index contributed by atoms with van der Waals surface area (Å²) in [4.78, 5) is 22.0. The SMILES string of the molecule is COc1nccc(NC(=O)N2CCC(O)CC(C)(C)C2)n1. The number of rotatable bonds is 2. The summed E-state index contributed by atoms with van der Waals surface area (Å²) in [7, 11) is 1.47. The molecule has 1 aliphatic heterocycles. The van der Waals surface area contributed by atoms with Crippen LogP contribution in [0.15, 0.2) is 12.3 Å². The molecule has 21 heavy (non-hydrogen) atoms. The van der Waals surface area contributed by atoms with E-state index in [4.69, 9.17) is 4.74 Å². The van der Waals surface area contributed by atoms with Gasteiger partial charge in [-0.1, -0.05) is 13.8 Å². The van der Waals surface area contributed by atoms with Gasteiger partial charge in [-0.25, -0.2) is 9.78 Å². The molecular formula is C14H22N4O3. The van der Waals surface area contributed by atoms with E-state index in [-0.39, 0.29) is 23.6 Å². The molecule has 1 fully saturated rings. The summed E-state index contributed by atoms with van der Waals surface area (Å²) in [5, 5.41) is 12.6. The number of amides is 2. The maximum absolute atomic E-state index is 12.3. The van der Waals surface area contributed by atoms with Crippen molar-refractivity contribution in [1.82, 2.24) is 14.9 Å². The minimum atomic E-state index is -0.364. The monoisotopic (exact) mass is 294 g/mol. The topological polar surface area (TPSA) is 87.6 Å². The summed E-state index contributed by atoms with van der Waals surface area (Å²) in [6, 6.07) is 1.59. The molecule has 0 aliphatic carbocycles. The van der Waals surface area contributed by atoms with Crippen LogP contribution in [0.2, 0.25) is 0 Å². The molecule has 1 unspecified atom stereocenters. The molecule has 1 aromatic heterocycles. The standard InChI is InChI=1S/C14H22N4O3/c1-14(2)8-10(19)5-7-18(9-14)13(20)17-11-4-6-15-12(16-11)21-3/h4,6,10,19H,5,7-9H2,1-3H3,(H,15,16,17,20). The Kier molecular flexibility index (Phi) is 4.62. The largest absolute Gasteiger partial charge is 0.467 e. The number of ether oxygens (including phenoxy) is 1. The summed E-state index contributed by atoms with van der Waals surface area (Å²) in [5.74, 6) is 0.398. The van der Waals surface area contributed by atoms with Gasteiger partial charge in [0.25, 0.3) is 0 Å². The molecule has 2 N–H and O–H groups in total. The smallest absolute Gasteiger partial charge is 0.323 e. The van der Waals surface area contributed by atoms with Gasteiger partial charge >= 0.3 is 12.0 Å². The van der Waals surface area contributed by atoms with Crippen molar-refractivity contribution in [3.63, 3.8) is 0 Å². The van der Waals surface area contributed by atoms with Crippen molar-refractivity contribution >= 4 is 11.8 Å². The number of nitrogens with one attached hydrogen (secondary N) is 1. The molecular weight excluding hydrogens is 272 g/mol. The Balaban J connectivity index is 2.05. The third-order valence-corrected chi connectivity index (χ3v) is 3.48. The van der Waals surface area contributed by atoms with Crippen molar-refractivity contribution in [1.29, 1.82) is 0 Å². The van der Waals surface area contributed by atoms with E-state index < -0.39 is 0 Å². The minimum Gasteiger partial charge on any atom is -0.467 e. The first-order valence-corrected chi connectivity index (χ1v) is 7.01. The molecule has 0 bridgehead atoms. The minimum absolute atomic E-state index is 0.114. The molecule has 2 amide bonds. The summed E-state index contributed by atoms with van der Waals surface area (Å²) in [6.45, 7) is 5.22. The third-order valence-electron chi connectivity index (χ3n) is 3.48. The van der Waals surface area contributed by atoms with Gasteiger partial charge in [-0.2, -0.15) is 4.98 Å². The summed E-state index contributed by atoms with van der Waals surface area (Å²) < 4.78 is 4.93. The Bertz CT molecular complexity index is 507. The molecule has 1 aliphatic rings. The fraction of sp³-hybridized carbons (Fsp3) is 0.643. The molecule has 1 atom stereocenters. The molecule has 0 radical (unpaired) electrons. The van der Waals surface area contributed by atoms with Crippen LogP contribution < -0.4 is 10.1 Å². The number of methoxy groups -OCH3 is 1. The Hall–Kier alpha value is -1.89. The summed E-state index contributed by atoms with van der Waals surface area (Å²) in [5.41, 5.74) is -0.114. The van der Waals surface area contributed by atoms with Gasteiger partial charge in [0.05, 0.1) is 13.2 Å². The van der Waals surface area contributed by atoms with Crippen molar-refractivity contribution in [3.05, 3.63) is 12.3 Å². The average molecular weight is 294 g/mol. The summed E-state index contributed by atoms with van der Waals surface area (Å²) >= 11 is 0. The first-order valence-electron chi connectivity index (χ1n) is 7.01. The number of anilines is 1. The number of hydrogen-bond acceptors (Lipinski definition) is 5. The number of aromatic nitrogens is 2. The molecule has 0 aromatic carbocycles. The maximum atomic E-state index is 12.3. The number of urea groups is 1. The van der Waals surface area contributed by atoms with Gasteiger partial charge in [-0.15, -0.1) is 0 Å². The Morgan fingerprint density at radius 3 is 3.05 bits per heavy atom. The Labute approximate surface area is 124 Å². The highest BCUT2D eigenvalue weighted by Gasteiger charge is 2.31. The van der Waals surface area contributed by atoms with Gasteiger partial charge in [0.2, 0.25) is 0 Å². The van der Waals surface area contributed by atoms with Crippen LogP contribution >= 0.6 is 0 Å². The Morgan fingerprint density at radius 2 is 2.33 bits per heavy atom. The second kappa shape index (κ2) is 6.26. The maximum Gasteiger partial charge on any atom is 0.323 e. The molecule has 2 rings (SSSR count). The lowest BCUT2D eigenvalue weighted by atomic mass is 9.87. The van der Waals surface area contributed by atoms with Crippen molar-refractivity contribution in [2.24, 2.45) is 5.41 Å². The highest BCUT2D eigenvalue weighted by Crippen LogP contribution is 2.28. The van der Waals surface area contributed by atoms with Gasteiger partial charge in [0.1, 0.15) is 5.82 Å². The van der Waals surface area contributed by atoms with Gasteiger partial charge in [0.15, 0.2) is 0 Å². The van der Waals surface area contributed by atoms with E-state index >= 15 is 0 Å². The fourth-order valence-corrected chi connectivity index (χ4v) is 2.58. The molecule has 116 valence electrons. The number of hydrogen-bond donors (Lipinski definition) is 2. The van der Waals surface area contributed by atoms with E-state index in [1.165, 1.54) is 13.3 Å². The lowest BCUT2D eigenvalue weighted by molar-refractivity contribution is 0.122. The number of carbonyl (C=O) groups is 1. The zero-order valence-corrected chi connectivity index (χ0v) is 12.7. The van der Waals surface area contributed by atoms with Crippen LogP contribution in [0.4, 0.5) is 10.6 Å². The molecule has 7 nitrogen and oxygen atoms in total. The zero-order chi connectivity index (χ0) is 15.5.